The Hall–Kier alpha value is -3.11. The largest absolute Gasteiger partial charge is 0.382 e. The Morgan fingerprint density at radius 2 is 2.04 bits per heavy atom. The third kappa shape index (κ3) is 3.70. The molecule has 0 bridgehead atoms. The highest BCUT2D eigenvalue weighted by molar-refractivity contribution is 8.00. The molecule has 1 atom stereocenters. The molecule has 1 amide bonds. The number of hydrogen-bond acceptors (Lipinski definition) is 6. The average Bonchev–Trinajstić information content (AvgIpc) is 2.62. The number of aromatic nitrogens is 2. The van der Waals surface area contributed by atoms with Crippen LogP contribution in [0.15, 0.2) is 53.8 Å². The first kappa shape index (κ1) is 16.7. The molecule has 7 heteroatoms. The SMILES string of the molecule is C[C@@H](Sc1ncc(C#N)c(N)n1)C(=O)Nc1cccc2ccccc12. The van der Waals surface area contributed by atoms with Crippen LogP contribution in [0.1, 0.15) is 12.5 Å². The number of rotatable bonds is 4. The maximum absolute atomic E-state index is 12.5. The fraction of sp³-hybridized carbons (Fsp3) is 0.111. The molecule has 0 aliphatic carbocycles. The van der Waals surface area contributed by atoms with Crippen molar-refractivity contribution >= 4 is 39.9 Å². The zero-order valence-electron chi connectivity index (χ0n) is 13.4. The van der Waals surface area contributed by atoms with Crippen LogP contribution in [0.25, 0.3) is 10.8 Å². The smallest absolute Gasteiger partial charge is 0.237 e. The van der Waals surface area contributed by atoms with Crippen LogP contribution in [0.4, 0.5) is 11.5 Å². The van der Waals surface area contributed by atoms with Gasteiger partial charge in [-0.1, -0.05) is 48.2 Å². The van der Waals surface area contributed by atoms with E-state index in [0.717, 1.165) is 16.5 Å². The summed E-state index contributed by atoms with van der Waals surface area (Å²) < 4.78 is 0. The summed E-state index contributed by atoms with van der Waals surface area (Å²) in [6.07, 6.45) is 1.36. The van der Waals surface area contributed by atoms with Crippen LogP contribution in [-0.4, -0.2) is 21.1 Å². The first-order chi connectivity index (χ1) is 12.1. The zero-order chi connectivity index (χ0) is 17.8. The number of carbonyl (C=O) groups is 1. The van der Waals surface area contributed by atoms with E-state index in [0.29, 0.717) is 5.16 Å². The second-order valence-corrected chi connectivity index (χ2v) is 6.65. The molecule has 1 aromatic heterocycles. The van der Waals surface area contributed by atoms with Crippen molar-refractivity contribution in [1.29, 1.82) is 5.26 Å². The van der Waals surface area contributed by atoms with Gasteiger partial charge in [-0.2, -0.15) is 5.26 Å². The second kappa shape index (κ2) is 7.20. The normalized spacial score (nSPS) is 11.7. The Labute approximate surface area is 149 Å². The molecule has 0 aliphatic rings. The predicted molar refractivity (Wildman–Crippen MR) is 99.1 cm³/mol. The molecule has 1 heterocycles. The van der Waals surface area contributed by atoms with Gasteiger partial charge in [-0.25, -0.2) is 9.97 Å². The van der Waals surface area contributed by atoms with Gasteiger partial charge >= 0.3 is 0 Å². The summed E-state index contributed by atoms with van der Waals surface area (Å²) >= 11 is 1.19. The molecular formula is C18H15N5OS. The lowest BCUT2D eigenvalue weighted by atomic mass is 10.1. The van der Waals surface area contributed by atoms with Crippen LogP contribution in [0.5, 0.6) is 0 Å². The molecule has 6 nitrogen and oxygen atoms in total. The van der Waals surface area contributed by atoms with E-state index in [2.05, 4.69) is 15.3 Å². The summed E-state index contributed by atoms with van der Waals surface area (Å²) in [5.41, 5.74) is 6.66. The molecule has 3 rings (SSSR count). The number of nitrogens with one attached hydrogen (secondary N) is 1. The van der Waals surface area contributed by atoms with Gasteiger partial charge in [0, 0.05) is 11.1 Å². The summed E-state index contributed by atoms with van der Waals surface area (Å²) in [5, 5.41) is 13.8. The Morgan fingerprint density at radius 3 is 2.80 bits per heavy atom. The Kier molecular flexibility index (Phi) is 4.82. The summed E-state index contributed by atoms with van der Waals surface area (Å²) in [7, 11) is 0. The van der Waals surface area contributed by atoms with Gasteiger partial charge in [-0.05, 0) is 18.4 Å². The number of nitrogens with two attached hydrogens (primary N) is 1. The number of thioether (sulfide) groups is 1. The van der Waals surface area contributed by atoms with E-state index in [1.54, 1.807) is 6.92 Å². The van der Waals surface area contributed by atoms with E-state index in [4.69, 9.17) is 11.0 Å². The third-order valence-corrected chi connectivity index (χ3v) is 4.59. The molecule has 0 unspecified atom stereocenters. The Bertz CT molecular complexity index is 977. The van der Waals surface area contributed by atoms with Crippen molar-refractivity contribution in [2.75, 3.05) is 11.1 Å². The molecule has 2 aromatic carbocycles. The highest BCUT2D eigenvalue weighted by Gasteiger charge is 2.17. The van der Waals surface area contributed by atoms with Gasteiger partial charge in [0.2, 0.25) is 5.91 Å². The van der Waals surface area contributed by atoms with Crippen molar-refractivity contribution in [1.82, 2.24) is 9.97 Å². The average molecular weight is 349 g/mol. The van der Waals surface area contributed by atoms with Crippen molar-refractivity contribution in [3.8, 4) is 6.07 Å². The number of nitrogen functional groups attached to an aromatic ring is 1. The van der Waals surface area contributed by atoms with Crippen LogP contribution in [-0.2, 0) is 4.79 Å². The summed E-state index contributed by atoms with van der Waals surface area (Å²) in [6.45, 7) is 1.77. The van der Waals surface area contributed by atoms with Gasteiger partial charge in [0.15, 0.2) is 5.16 Å². The van der Waals surface area contributed by atoms with Gasteiger partial charge in [-0.3, -0.25) is 4.79 Å². The quantitative estimate of drug-likeness (QED) is 0.553. The van der Waals surface area contributed by atoms with Crippen LogP contribution in [0.2, 0.25) is 0 Å². The molecule has 0 saturated carbocycles. The minimum atomic E-state index is -0.425. The van der Waals surface area contributed by atoms with Gasteiger partial charge < -0.3 is 11.1 Å². The lowest BCUT2D eigenvalue weighted by Crippen LogP contribution is -2.22. The number of benzene rings is 2. The van der Waals surface area contributed by atoms with Crippen LogP contribution >= 0.6 is 11.8 Å². The van der Waals surface area contributed by atoms with E-state index in [-0.39, 0.29) is 17.3 Å². The summed E-state index contributed by atoms with van der Waals surface area (Å²) in [6, 6.07) is 15.5. The highest BCUT2D eigenvalue weighted by Crippen LogP contribution is 2.26. The molecular weight excluding hydrogens is 334 g/mol. The van der Waals surface area contributed by atoms with E-state index in [1.165, 1.54) is 18.0 Å². The monoisotopic (exact) mass is 349 g/mol. The maximum Gasteiger partial charge on any atom is 0.237 e. The van der Waals surface area contributed by atoms with Crippen molar-refractivity contribution in [3.05, 3.63) is 54.2 Å². The fourth-order valence-corrected chi connectivity index (χ4v) is 3.05. The lowest BCUT2D eigenvalue weighted by Gasteiger charge is -2.13. The molecule has 0 spiro atoms. The number of nitriles is 1. The van der Waals surface area contributed by atoms with Crippen molar-refractivity contribution in [2.45, 2.75) is 17.3 Å². The highest BCUT2D eigenvalue weighted by atomic mass is 32.2. The summed E-state index contributed by atoms with van der Waals surface area (Å²) in [5.74, 6) is -0.0467. The van der Waals surface area contributed by atoms with Crippen LogP contribution in [0, 0.1) is 11.3 Å². The molecule has 3 aromatic rings. The van der Waals surface area contributed by atoms with Crippen molar-refractivity contribution in [2.24, 2.45) is 0 Å². The molecule has 25 heavy (non-hydrogen) atoms. The third-order valence-electron chi connectivity index (χ3n) is 3.62. The first-order valence-corrected chi connectivity index (χ1v) is 8.44. The van der Waals surface area contributed by atoms with Crippen molar-refractivity contribution in [3.63, 3.8) is 0 Å². The Balaban J connectivity index is 1.74. The van der Waals surface area contributed by atoms with E-state index >= 15 is 0 Å². The van der Waals surface area contributed by atoms with Crippen molar-refractivity contribution < 1.29 is 4.79 Å². The number of hydrogen-bond donors (Lipinski definition) is 2. The minimum absolute atomic E-state index is 0.113. The standard InChI is InChI=1S/C18H15N5OS/c1-11(25-18-21-10-13(9-19)16(20)23-18)17(24)22-15-8-4-6-12-5-2-3-7-14(12)15/h2-8,10-11H,1H3,(H,22,24)(H2,20,21,23)/t11-/m1/s1. The predicted octanol–water partition coefficient (Wildman–Crippen LogP) is 3.20. The summed E-state index contributed by atoms with van der Waals surface area (Å²) in [4.78, 5) is 20.6. The van der Waals surface area contributed by atoms with Gasteiger partial charge in [0.05, 0.1) is 11.4 Å². The fourth-order valence-electron chi connectivity index (χ4n) is 2.30. The number of anilines is 2. The number of fused-ring (bicyclic) bond motifs is 1. The lowest BCUT2D eigenvalue weighted by molar-refractivity contribution is -0.115. The molecule has 124 valence electrons. The van der Waals surface area contributed by atoms with Crippen LogP contribution < -0.4 is 11.1 Å². The molecule has 0 aliphatic heterocycles. The van der Waals surface area contributed by atoms with Gasteiger partial charge in [0.25, 0.3) is 0 Å². The van der Waals surface area contributed by atoms with Gasteiger partial charge in [0.1, 0.15) is 17.5 Å². The Morgan fingerprint density at radius 1 is 1.28 bits per heavy atom. The minimum Gasteiger partial charge on any atom is -0.382 e. The molecule has 0 fully saturated rings. The van der Waals surface area contributed by atoms with E-state index < -0.39 is 5.25 Å². The first-order valence-electron chi connectivity index (χ1n) is 7.56. The van der Waals surface area contributed by atoms with Gasteiger partial charge in [-0.15, -0.1) is 0 Å². The second-order valence-electron chi connectivity index (χ2n) is 5.34. The molecule has 0 radical (unpaired) electrons. The number of amides is 1. The maximum atomic E-state index is 12.5. The number of nitrogens with zero attached hydrogens (tertiary/aromatic N) is 3. The van der Waals surface area contributed by atoms with E-state index in [9.17, 15) is 4.79 Å². The van der Waals surface area contributed by atoms with Crippen LogP contribution in [0.3, 0.4) is 0 Å². The van der Waals surface area contributed by atoms with E-state index in [1.807, 2.05) is 48.5 Å². The molecule has 3 N–H and O–H groups in total. The zero-order valence-corrected chi connectivity index (χ0v) is 14.2. The molecule has 0 saturated heterocycles. The topological polar surface area (TPSA) is 105 Å². The number of carbonyl (C=O) groups excluding carboxylic acids is 1.